The number of benzene rings is 1. The Balaban J connectivity index is 1.77. The van der Waals surface area contributed by atoms with Gasteiger partial charge in [0.2, 0.25) is 5.91 Å². The van der Waals surface area contributed by atoms with Crippen molar-refractivity contribution >= 4 is 27.7 Å². The number of halogens is 1. The monoisotopic (exact) mass is 434 g/mol. The van der Waals surface area contributed by atoms with Crippen molar-refractivity contribution in [3.63, 3.8) is 0 Å². The molecule has 1 aromatic carbocycles. The van der Waals surface area contributed by atoms with Crippen molar-refractivity contribution in [2.75, 3.05) is 39.9 Å². The Bertz CT molecular complexity index is 841. The molecule has 1 aliphatic heterocycles. The molecular weight excluding hydrogens is 412 g/mol. The second-order valence-electron chi connectivity index (χ2n) is 6.59. The normalized spacial score (nSPS) is 14.3. The van der Waals surface area contributed by atoms with Crippen LogP contribution in [0.4, 0.5) is 0 Å². The van der Waals surface area contributed by atoms with Gasteiger partial charge >= 0.3 is 0 Å². The van der Waals surface area contributed by atoms with Crippen molar-refractivity contribution in [1.82, 2.24) is 19.6 Å². The molecule has 8 heteroatoms. The van der Waals surface area contributed by atoms with Gasteiger partial charge in [-0.05, 0) is 38.1 Å². The van der Waals surface area contributed by atoms with Gasteiger partial charge in [-0.25, -0.2) is 4.68 Å². The maximum absolute atomic E-state index is 13.0. The van der Waals surface area contributed by atoms with Crippen LogP contribution in [0.1, 0.15) is 21.7 Å². The van der Waals surface area contributed by atoms with E-state index in [1.54, 1.807) is 16.6 Å². The number of carbonyl (C=O) groups excluding carboxylic acids is 2. The summed E-state index contributed by atoms with van der Waals surface area (Å²) in [4.78, 5) is 28.6. The van der Waals surface area contributed by atoms with Gasteiger partial charge in [0.15, 0.2) is 0 Å². The summed E-state index contributed by atoms with van der Waals surface area (Å²) in [5.41, 5.74) is 2.82. The lowest BCUT2D eigenvalue weighted by Gasteiger charge is -2.28. The Hall–Kier alpha value is -2.19. The van der Waals surface area contributed by atoms with Gasteiger partial charge in [0.25, 0.3) is 5.91 Å². The van der Waals surface area contributed by atoms with E-state index in [1.165, 1.54) is 4.90 Å². The molecule has 1 saturated heterocycles. The van der Waals surface area contributed by atoms with Crippen LogP contribution in [0, 0.1) is 13.8 Å². The number of hydrogen-bond acceptors (Lipinski definition) is 4. The van der Waals surface area contributed by atoms with Crippen molar-refractivity contribution in [3.8, 4) is 5.69 Å². The van der Waals surface area contributed by atoms with E-state index in [0.717, 1.165) is 15.9 Å². The van der Waals surface area contributed by atoms with Crippen molar-refractivity contribution < 1.29 is 14.3 Å². The van der Waals surface area contributed by atoms with Crippen LogP contribution in [0.25, 0.3) is 5.69 Å². The molecule has 2 amide bonds. The van der Waals surface area contributed by atoms with Crippen LogP contribution in [0.5, 0.6) is 0 Å². The molecule has 1 fully saturated rings. The number of amides is 2. The van der Waals surface area contributed by atoms with Crippen molar-refractivity contribution in [2.24, 2.45) is 0 Å². The van der Waals surface area contributed by atoms with Crippen LogP contribution in [-0.4, -0.2) is 71.3 Å². The first-order valence-corrected chi connectivity index (χ1v) is 9.61. The Morgan fingerprint density at radius 3 is 2.44 bits per heavy atom. The average Bonchev–Trinajstić information content (AvgIpc) is 2.96. The molecule has 0 radical (unpaired) electrons. The predicted octanol–water partition coefficient (Wildman–Crippen LogP) is 2.18. The van der Waals surface area contributed by atoms with Crippen LogP contribution >= 0.6 is 15.9 Å². The zero-order valence-corrected chi connectivity index (χ0v) is 17.3. The van der Waals surface area contributed by atoms with E-state index in [4.69, 9.17) is 4.74 Å². The number of nitrogens with zero attached hydrogens (tertiary/aromatic N) is 4. The lowest BCUT2D eigenvalue weighted by Crippen LogP contribution is -2.46. The van der Waals surface area contributed by atoms with E-state index in [1.807, 2.05) is 38.1 Å². The molecule has 144 valence electrons. The van der Waals surface area contributed by atoms with Crippen molar-refractivity contribution in [2.45, 2.75) is 13.8 Å². The molecule has 27 heavy (non-hydrogen) atoms. The quantitative estimate of drug-likeness (QED) is 0.739. The number of carbonyl (C=O) groups is 2. The Kier molecular flexibility index (Phi) is 5.96. The predicted molar refractivity (Wildman–Crippen MR) is 105 cm³/mol. The fraction of sp³-hybridized carbons (Fsp3) is 0.421. The highest BCUT2D eigenvalue weighted by Crippen LogP contribution is 2.21. The van der Waals surface area contributed by atoms with Crippen LogP contribution in [0.3, 0.4) is 0 Å². The van der Waals surface area contributed by atoms with Gasteiger partial charge in [-0.15, -0.1) is 0 Å². The molecule has 0 atom stereocenters. The Labute approximate surface area is 167 Å². The second kappa shape index (κ2) is 8.22. The highest BCUT2D eigenvalue weighted by Gasteiger charge is 2.25. The third-order valence-electron chi connectivity index (χ3n) is 4.66. The van der Waals surface area contributed by atoms with Crippen LogP contribution in [-0.2, 0) is 9.53 Å². The molecule has 0 saturated carbocycles. The Morgan fingerprint density at radius 2 is 1.81 bits per heavy atom. The first-order valence-electron chi connectivity index (χ1n) is 8.81. The number of aryl methyl sites for hydroxylation is 1. The largest absolute Gasteiger partial charge is 0.378 e. The summed E-state index contributed by atoms with van der Waals surface area (Å²) >= 11 is 3.42. The highest BCUT2D eigenvalue weighted by atomic mass is 79.9. The summed E-state index contributed by atoms with van der Waals surface area (Å²) in [5, 5.41) is 4.52. The minimum Gasteiger partial charge on any atom is -0.378 e. The van der Waals surface area contributed by atoms with E-state index in [0.29, 0.717) is 37.6 Å². The fourth-order valence-corrected chi connectivity index (χ4v) is 3.43. The highest BCUT2D eigenvalue weighted by molar-refractivity contribution is 9.10. The van der Waals surface area contributed by atoms with Gasteiger partial charge in [0.05, 0.1) is 42.4 Å². The topological polar surface area (TPSA) is 67.7 Å². The summed E-state index contributed by atoms with van der Waals surface area (Å²) < 4.78 is 8.00. The first-order chi connectivity index (χ1) is 12.9. The molecular formula is C19H23BrN4O3. The minimum absolute atomic E-state index is 0.0428. The van der Waals surface area contributed by atoms with E-state index in [2.05, 4.69) is 21.0 Å². The van der Waals surface area contributed by atoms with E-state index >= 15 is 0 Å². The standard InChI is InChI=1S/C19H23BrN4O3/c1-13-18(14(2)24(21-13)16-6-4-15(20)5-7-16)19(26)22(3)12-17(25)23-8-10-27-11-9-23/h4-7H,8-12H2,1-3H3. The summed E-state index contributed by atoms with van der Waals surface area (Å²) in [6.07, 6.45) is 0. The molecule has 3 rings (SSSR count). The van der Waals surface area contributed by atoms with Gasteiger partial charge in [-0.2, -0.15) is 5.10 Å². The van der Waals surface area contributed by atoms with Gasteiger partial charge in [0, 0.05) is 24.6 Å². The number of ether oxygens (including phenoxy) is 1. The summed E-state index contributed by atoms with van der Waals surface area (Å²) in [7, 11) is 1.65. The lowest BCUT2D eigenvalue weighted by molar-refractivity contribution is -0.135. The number of hydrogen-bond donors (Lipinski definition) is 0. The second-order valence-corrected chi connectivity index (χ2v) is 7.50. The fourth-order valence-electron chi connectivity index (χ4n) is 3.16. The zero-order chi connectivity index (χ0) is 19.6. The molecule has 0 unspecified atom stereocenters. The summed E-state index contributed by atoms with van der Waals surface area (Å²) in [6, 6.07) is 7.73. The number of likely N-dealkylation sites (N-methyl/N-ethyl adjacent to an activating group) is 1. The van der Waals surface area contributed by atoms with Gasteiger partial charge in [0.1, 0.15) is 0 Å². The molecule has 2 heterocycles. The van der Waals surface area contributed by atoms with E-state index in [-0.39, 0.29) is 18.4 Å². The average molecular weight is 435 g/mol. The lowest BCUT2D eigenvalue weighted by atomic mass is 10.1. The molecule has 0 bridgehead atoms. The molecule has 0 aliphatic carbocycles. The van der Waals surface area contributed by atoms with Crippen molar-refractivity contribution in [1.29, 1.82) is 0 Å². The molecule has 2 aromatic rings. The van der Waals surface area contributed by atoms with Gasteiger partial charge in [-0.3, -0.25) is 9.59 Å². The summed E-state index contributed by atoms with van der Waals surface area (Å²) in [6.45, 7) is 5.95. The molecule has 7 nitrogen and oxygen atoms in total. The molecule has 1 aliphatic rings. The number of aromatic nitrogens is 2. The third kappa shape index (κ3) is 4.22. The first kappa shape index (κ1) is 19.6. The SMILES string of the molecule is Cc1nn(-c2ccc(Br)cc2)c(C)c1C(=O)N(C)CC(=O)N1CCOCC1. The molecule has 1 aromatic heterocycles. The summed E-state index contributed by atoms with van der Waals surface area (Å²) in [5.74, 6) is -0.264. The van der Waals surface area contributed by atoms with Crippen LogP contribution < -0.4 is 0 Å². The minimum atomic E-state index is -0.199. The third-order valence-corrected chi connectivity index (χ3v) is 5.19. The van der Waals surface area contributed by atoms with E-state index < -0.39 is 0 Å². The van der Waals surface area contributed by atoms with E-state index in [9.17, 15) is 9.59 Å². The molecule has 0 N–H and O–H groups in total. The van der Waals surface area contributed by atoms with Crippen LogP contribution in [0.15, 0.2) is 28.7 Å². The maximum atomic E-state index is 13.0. The van der Waals surface area contributed by atoms with Crippen LogP contribution in [0.2, 0.25) is 0 Å². The zero-order valence-electron chi connectivity index (χ0n) is 15.7. The maximum Gasteiger partial charge on any atom is 0.257 e. The van der Waals surface area contributed by atoms with Crippen molar-refractivity contribution in [3.05, 3.63) is 45.7 Å². The Morgan fingerprint density at radius 1 is 1.19 bits per heavy atom. The van der Waals surface area contributed by atoms with Gasteiger partial charge < -0.3 is 14.5 Å². The van der Waals surface area contributed by atoms with Gasteiger partial charge in [-0.1, -0.05) is 15.9 Å². The molecule has 0 spiro atoms. The number of rotatable bonds is 4. The number of morpholine rings is 1. The smallest absolute Gasteiger partial charge is 0.257 e.